The molecule has 2 aromatic rings. The van der Waals surface area contributed by atoms with E-state index in [0.29, 0.717) is 15.9 Å². The molecule has 0 aromatic carbocycles. The minimum atomic E-state index is -0.978. The van der Waals surface area contributed by atoms with E-state index in [2.05, 4.69) is 20.9 Å². The molecule has 0 bridgehead atoms. The number of rotatable bonds is 3. The molecule has 2 rings (SSSR count). The summed E-state index contributed by atoms with van der Waals surface area (Å²) in [6.07, 6.45) is 1.44. The second-order valence-electron chi connectivity index (χ2n) is 3.62. The Balaban J connectivity index is 2.47. The smallest absolute Gasteiger partial charge is 0.346 e. The number of carboxylic acid groups (broad SMARTS) is 1. The summed E-state index contributed by atoms with van der Waals surface area (Å²) in [6, 6.07) is 1.71. The first-order valence-electron chi connectivity index (χ1n) is 5.02. The first kappa shape index (κ1) is 13.0. The first-order valence-corrected chi connectivity index (χ1v) is 6.69. The van der Waals surface area contributed by atoms with Gasteiger partial charge in [-0.1, -0.05) is 0 Å². The predicted molar refractivity (Wildman–Crippen MR) is 71.3 cm³/mol. The normalized spacial score (nSPS) is 10.6. The Morgan fingerprint density at radius 3 is 3.00 bits per heavy atom. The number of carbonyl (C=O) groups is 1. The number of hydrogen-bond acceptors (Lipinski definition) is 4. The van der Waals surface area contributed by atoms with Crippen molar-refractivity contribution < 1.29 is 9.90 Å². The van der Waals surface area contributed by atoms with Crippen molar-refractivity contribution >= 4 is 33.2 Å². The molecular formula is C11H9BrN2O3S. The Bertz CT molecular complexity index is 663. The fourth-order valence-corrected chi connectivity index (χ4v) is 2.62. The van der Waals surface area contributed by atoms with Crippen LogP contribution < -0.4 is 5.56 Å². The molecule has 0 aliphatic heterocycles. The molecule has 1 N–H and O–H groups in total. The molecule has 0 spiro atoms. The van der Waals surface area contributed by atoms with Crippen molar-refractivity contribution in [3.05, 3.63) is 48.7 Å². The summed E-state index contributed by atoms with van der Waals surface area (Å²) in [6.45, 7) is 1.92. The second-order valence-corrected chi connectivity index (χ2v) is 5.40. The summed E-state index contributed by atoms with van der Waals surface area (Å²) in [7, 11) is 0. The van der Waals surface area contributed by atoms with Gasteiger partial charge in [-0.05, 0) is 39.9 Å². The number of nitrogens with zero attached hydrogens (tertiary/aromatic N) is 2. The zero-order chi connectivity index (χ0) is 13.3. The van der Waals surface area contributed by atoms with Crippen molar-refractivity contribution in [2.24, 2.45) is 0 Å². The van der Waals surface area contributed by atoms with Gasteiger partial charge < -0.3 is 5.11 Å². The average Bonchev–Trinajstić information content (AvgIpc) is 2.78. The minimum absolute atomic E-state index is 0.211. The Morgan fingerprint density at radius 1 is 1.61 bits per heavy atom. The van der Waals surface area contributed by atoms with E-state index >= 15 is 0 Å². The molecule has 0 aliphatic rings. The zero-order valence-electron chi connectivity index (χ0n) is 9.38. The Morgan fingerprint density at radius 2 is 2.33 bits per heavy atom. The number of aryl methyl sites for hydroxylation is 1. The highest BCUT2D eigenvalue weighted by molar-refractivity contribution is 9.10. The van der Waals surface area contributed by atoms with Gasteiger partial charge in [0, 0.05) is 6.20 Å². The summed E-state index contributed by atoms with van der Waals surface area (Å²) < 4.78 is 1.80. The number of aromatic carboxylic acids is 1. The Hall–Kier alpha value is -1.47. The lowest BCUT2D eigenvalue weighted by atomic mass is 10.2. The van der Waals surface area contributed by atoms with Crippen LogP contribution >= 0.6 is 27.3 Å². The minimum Gasteiger partial charge on any atom is -0.477 e. The van der Waals surface area contributed by atoms with Gasteiger partial charge in [0.2, 0.25) is 0 Å². The molecule has 2 aromatic heterocycles. The lowest BCUT2D eigenvalue weighted by Gasteiger charge is -2.08. The average molecular weight is 329 g/mol. The van der Waals surface area contributed by atoms with Crippen molar-refractivity contribution in [1.29, 1.82) is 0 Å². The molecule has 0 fully saturated rings. The third-order valence-corrected chi connectivity index (χ3v) is 3.96. The van der Waals surface area contributed by atoms with Crippen LogP contribution in [0.1, 0.15) is 21.1 Å². The molecule has 0 aliphatic carbocycles. The van der Waals surface area contributed by atoms with E-state index in [4.69, 9.17) is 5.11 Å². The largest absolute Gasteiger partial charge is 0.477 e. The van der Waals surface area contributed by atoms with Crippen LogP contribution in [-0.4, -0.2) is 20.6 Å². The van der Waals surface area contributed by atoms with Gasteiger partial charge >= 0.3 is 5.97 Å². The summed E-state index contributed by atoms with van der Waals surface area (Å²) >= 11 is 4.27. The highest BCUT2D eigenvalue weighted by atomic mass is 79.9. The van der Waals surface area contributed by atoms with Crippen LogP contribution in [0.5, 0.6) is 0 Å². The van der Waals surface area contributed by atoms with E-state index in [0.717, 1.165) is 11.3 Å². The third kappa shape index (κ3) is 2.37. The number of thiophene rings is 1. The van der Waals surface area contributed by atoms with Crippen molar-refractivity contribution in [1.82, 2.24) is 9.55 Å². The SMILES string of the molecule is Cc1ncc(Br)c(=O)n1Cc1ccsc1C(=O)O. The Labute approximate surface area is 115 Å². The molecule has 0 unspecified atom stereocenters. The summed E-state index contributed by atoms with van der Waals surface area (Å²) in [5.74, 6) is -0.431. The van der Waals surface area contributed by atoms with E-state index in [1.807, 2.05) is 0 Å². The van der Waals surface area contributed by atoms with E-state index in [1.54, 1.807) is 18.4 Å². The van der Waals surface area contributed by atoms with Crippen LogP contribution in [0.3, 0.4) is 0 Å². The van der Waals surface area contributed by atoms with Gasteiger partial charge in [0.1, 0.15) is 15.2 Å². The van der Waals surface area contributed by atoms with Gasteiger partial charge in [0.05, 0.1) is 6.54 Å². The van der Waals surface area contributed by atoms with E-state index in [9.17, 15) is 9.59 Å². The van der Waals surface area contributed by atoms with Crippen LogP contribution in [-0.2, 0) is 6.54 Å². The molecular weight excluding hydrogens is 320 g/mol. The predicted octanol–water partition coefficient (Wildman–Crippen LogP) is 2.12. The Kier molecular flexibility index (Phi) is 3.63. The van der Waals surface area contributed by atoms with Gasteiger partial charge in [-0.25, -0.2) is 9.78 Å². The quantitative estimate of drug-likeness (QED) is 0.936. The van der Waals surface area contributed by atoms with E-state index in [1.165, 1.54) is 10.8 Å². The van der Waals surface area contributed by atoms with Gasteiger partial charge in [0.25, 0.3) is 5.56 Å². The maximum Gasteiger partial charge on any atom is 0.346 e. The lowest BCUT2D eigenvalue weighted by molar-refractivity contribution is 0.0701. The highest BCUT2D eigenvalue weighted by Crippen LogP contribution is 2.18. The van der Waals surface area contributed by atoms with Gasteiger partial charge in [-0.2, -0.15) is 0 Å². The highest BCUT2D eigenvalue weighted by Gasteiger charge is 2.14. The number of halogens is 1. The van der Waals surface area contributed by atoms with Crippen molar-refractivity contribution in [3.8, 4) is 0 Å². The second kappa shape index (κ2) is 5.03. The molecule has 18 heavy (non-hydrogen) atoms. The van der Waals surface area contributed by atoms with Gasteiger partial charge in [-0.15, -0.1) is 11.3 Å². The van der Waals surface area contributed by atoms with Crippen LogP contribution in [0.2, 0.25) is 0 Å². The molecule has 2 heterocycles. The van der Waals surface area contributed by atoms with Crippen LogP contribution in [0.25, 0.3) is 0 Å². The summed E-state index contributed by atoms with van der Waals surface area (Å²) in [4.78, 5) is 27.3. The fourth-order valence-electron chi connectivity index (χ4n) is 1.56. The lowest BCUT2D eigenvalue weighted by Crippen LogP contribution is -2.24. The maximum absolute atomic E-state index is 11.9. The standard InChI is InChI=1S/C11H9BrN2O3S/c1-6-13-4-8(12)10(15)14(6)5-7-2-3-18-9(7)11(16)17/h2-4H,5H2,1H3,(H,16,17). The molecule has 5 nitrogen and oxygen atoms in total. The molecule has 0 atom stereocenters. The van der Waals surface area contributed by atoms with Crippen molar-refractivity contribution in [2.75, 3.05) is 0 Å². The summed E-state index contributed by atoms with van der Waals surface area (Å²) in [5.41, 5.74) is 0.391. The van der Waals surface area contributed by atoms with Gasteiger partial charge in [-0.3, -0.25) is 9.36 Å². The van der Waals surface area contributed by atoms with Crippen LogP contribution in [0, 0.1) is 6.92 Å². The first-order chi connectivity index (χ1) is 8.50. The monoisotopic (exact) mass is 328 g/mol. The molecule has 0 radical (unpaired) electrons. The molecule has 7 heteroatoms. The maximum atomic E-state index is 11.9. The van der Waals surface area contributed by atoms with Crippen molar-refractivity contribution in [2.45, 2.75) is 13.5 Å². The number of carboxylic acids is 1. The van der Waals surface area contributed by atoms with Crippen LogP contribution in [0.4, 0.5) is 0 Å². The van der Waals surface area contributed by atoms with Crippen molar-refractivity contribution in [3.63, 3.8) is 0 Å². The number of hydrogen-bond donors (Lipinski definition) is 1. The van der Waals surface area contributed by atoms with E-state index in [-0.39, 0.29) is 17.0 Å². The topological polar surface area (TPSA) is 72.2 Å². The zero-order valence-corrected chi connectivity index (χ0v) is 11.8. The number of aromatic nitrogens is 2. The molecule has 0 amide bonds. The molecule has 94 valence electrons. The molecule has 0 saturated heterocycles. The van der Waals surface area contributed by atoms with Crippen LogP contribution in [0.15, 0.2) is 26.9 Å². The third-order valence-electron chi connectivity index (χ3n) is 2.47. The molecule has 0 saturated carbocycles. The van der Waals surface area contributed by atoms with E-state index < -0.39 is 5.97 Å². The fraction of sp³-hybridized carbons (Fsp3) is 0.182. The van der Waals surface area contributed by atoms with Gasteiger partial charge in [0.15, 0.2) is 0 Å². The summed E-state index contributed by atoms with van der Waals surface area (Å²) in [5, 5.41) is 10.7.